The van der Waals surface area contributed by atoms with Crippen LogP contribution in [-0.2, 0) is 0 Å². The molecule has 0 aliphatic heterocycles. The van der Waals surface area contributed by atoms with Crippen molar-refractivity contribution in [1.82, 2.24) is 5.43 Å². The molecule has 0 fully saturated rings. The smallest absolute Gasteiger partial charge is 0.339 e. The van der Waals surface area contributed by atoms with Crippen LogP contribution in [-0.4, -0.2) is 16.8 Å². The molecule has 0 aromatic heterocycles. The number of para-hydroxylation sites is 1. The molecule has 0 atom stereocenters. The zero-order valence-corrected chi connectivity index (χ0v) is 11.0. The zero-order valence-electron chi connectivity index (χ0n) is 11.0. The van der Waals surface area contributed by atoms with Crippen LogP contribution in [0.25, 0.3) is 0 Å². The Bertz CT molecular complexity index is 607. The summed E-state index contributed by atoms with van der Waals surface area (Å²) in [5, 5.41) is 15.9. The highest BCUT2D eigenvalue weighted by Gasteiger charge is 2.01. The molecule has 2 amide bonds. The Kier molecular flexibility index (Phi) is 4.34. The van der Waals surface area contributed by atoms with Crippen LogP contribution in [0.5, 0.6) is 5.75 Å². The Morgan fingerprint density at radius 1 is 1.05 bits per heavy atom. The first-order valence-corrected chi connectivity index (χ1v) is 6.11. The normalized spacial score (nSPS) is 10.9. The highest BCUT2D eigenvalue weighted by molar-refractivity contribution is 6.00. The van der Waals surface area contributed by atoms with Crippen LogP contribution in [0.1, 0.15) is 12.5 Å². The summed E-state index contributed by atoms with van der Waals surface area (Å²) in [7, 11) is 0. The van der Waals surface area contributed by atoms with Crippen LogP contribution in [0.15, 0.2) is 59.7 Å². The van der Waals surface area contributed by atoms with E-state index in [2.05, 4.69) is 15.8 Å². The van der Waals surface area contributed by atoms with E-state index in [1.165, 1.54) is 0 Å². The number of carbonyl (C=O) groups excluding carboxylic acids is 1. The lowest BCUT2D eigenvalue weighted by Crippen LogP contribution is -2.25. The molecule has 0 spiro atoms. The summed E-state index contributed by atoms with van der Waals surface area (Å²) < 4.78 is 0. The molecule has 20 heavy (non-hydrogen) atoms. The Hall–Kier alpha value is -2.82. The molecule has 0 unspecified atom stereocenters. The van der Waals surface area contributed by atoms with Gasteiger partial charge in [0.1, 0.15) is 5.75 Å². The summed E-state index contributed by atoms with van der Waals surface area (Å²) in [5.74, 6) is 0.191. The lowest BCUT2D eigenvalue weighted by Gasteiger charge is -2.05. The minimum absolute atomic E-state index is 0.191. The third kappa shape index (κ3) is 3.84. The Morgan fingerprint density at radius 2 is 1.70 bits per heavy atom. The van der Waals surface area contributed by atoms with Crippen molar-refractivity contribution >= 4 is 17.4 Å². The first kappa shape index (κ1) is 13.6. The SMILES string of the molecule is C/C(=N/NC(=O)Nc1ccccc1)c1ccc(O)cc1. The second kappa shape index (κ2) is 6.38. The maximum Gasteiger partial charge on any atom is 0.339 e. The van der Waals surface area contributed by atoms with Crippen LogP contribution >= 0.6 is 0 Å². The number of urea groups is 1. The molecule has 3 N–H and O–H groups in total. The number of aromatic hydroxyl groups is 1. The van der Waals surface area contributed by atoms with E-state index in [0.29, 0.717) is 11.4 Å². The Labute approximate surface area is 117 Å². The van der Waals surface area contributed by atoms with E-state index in [-0.39, 0.29) is 5.75 Å². The summed E-state index contributed by atoms with van der Waals surface area (Å²) in [5.41, 5.74) is 4.58. The van der Waals surface area contributed by atoms with Crippen LogP contribution in [0.3, 0.4) is 0 Å². The Morgan fingerprint density at radius 3 is 2.35 bits per heavy atom. The number of hydrazone groups is 1. The molecule has 0 saturated carbocycles. The van der Waals surface area contributed by atoms with Gasteiger partial charge in [-0.05, 0) is 48.9 Å². The van der Waals surface area contributed by atoms with Crippen molar-refractivity contribution in [1.29, 1.82) is 0 Å². The van der Waals surface area contributed by atoms with Crippen molar-refractivity contribution in [2.75, 3.05) is 5.32 Å². The molecule has 0 radical (unpaired) electrons. The number of nitrogens with zero attached hydrogens (tertiary/aromatic N) is 1. The molecule has 0 saturated heterocycles. The number of carbonyl (C=O) groups is 1. The van der Waals surface area contributed by atoms with Crippen molar-refractivity contribution in [2.45, 2.75) is 6.92 Å². The number of hydrogen-bond acceptors (Lipinski definition) is 3. The van der Waals surface area contributed by atoms with Gasteiger partial charge < -0.3 is 10.4 Å². The van der Waals surface area contributed by atoms with E-state index in [0.717, 1.165) is 5.56 Å². The van der Waals surface area contributed by atoms with Gasteiger partial charge in [0.2, 0.25) is 0 Å². The number of benzene rings is 2. The number of hydrogen-bond donors (Lipinski definition) is 3. The van der Waals surface area contributed by atoms with Gasteiger partial charge in [0.25, 0.3) is 0 Å². The minimum Gasteiger partial charge on any atom is -0.508 e. The molecular weight excluding hydrogens is 254 g/mol. The number of phenols is 1. The molecule has 0 aliphatic carbocycles. The van der Waals surface area contributed by atoms with Crippen molar-refractivity contribution in [3.8, 4) is 5.75 Å². The number of phenolic OH excluding ortho intramolecular Hbond substituents is 1. The van der Waals surface area contributed by atoms with E-state index >= 15 is 0 Å². The fourth-order valence-electron chi connectivity index (χ4n) is 1.58. The van der Waals surface area contributed by atoms with Gasteiger partial charge in [0.15, 0.2) is 0 Å². The quantitative estimate of drug-likeness (QED) is 0.592. The van der Waals surface area contributed by atoms with E-state index < -0.39 is 6.03 Å². The largest absolute Gasteiger partial charge is 0.508 e. The van der Waals surface area contributed by atoms with Crippen LogP contribution in [0.4, 0.5) is 10.5 Å². The van der Waals surface area contributed by atoms with Gasteiger partial charge in [0, 0.05) is 5.69 Å². The standard InChI is InChI=1S/C15H15N3O2/c1-11(12-7-9-14(19)10-8-12)17-18-15(20)16-13-5-3-2-4-6-13/h2-10,19H,1H3,(H2,16,18,20)/b17-11-. The van der Waals surface area contributed by atoms with Crippen LogP contribution in [0.2, 0.25) is 0 Å². The van der Waals surface area contributed by atoms with Crippen molar-refractivity contribution in [3.05, 3.63) is 60.2 Å². The average molecular weight is 269 g/mol. The second-order valence-corrected chi connectivity index (χ2v) is 4.18. The third-order valence-electron chi connectivity index (χ3n) is 2.64. The summed E-state index contributed by atoms with van der Waals surface area (Å²) >= 11 is 0. The summed E-state index contributed by atoms with van der Waals surface area (Å²) in [6.07, 6.45) is 0. The fourth-order valence-corrected chi connectivity index (χ4v) is 1.58. The van der Waals surface area contributed by atoms with Crippen LogP contribution < -0.4 is 10.7 Å². The topological polar surface area (TPSA) is 73.7 Å². The van der Waals surface area contributed by atoms with Crippen molar-refractivity contribution < 1.29 is 9.90 Å². The fraction of sp³-hybridized carbons (Fsp3) is 0.0667. The lowest BCUT2D eigenvalue weighted by molar-refractivity contribution is 0.252. The summed E-state index contributed by atoms with van der Waals surface area (Å²) in [4.78, 5) is 11.6. The van der Waals surface area contributed by atoms with Crippen LogP contribution in [0, 0.1) is 0 Å². The number of rotatable bonds is 3. The molecule has 2 rings (SSSR count). The number of amides is 2. The Balaban J connectivity index is 1.95. The minimum atomic E-state index is -0.408. The molecule has 2 aromatic rings. The van der Waals surface area contributed by atoms with E-state index in [9.17, 15) is 9.90 Å². The van der Waals surface area contributed by atoms with Gasteiger partial charge in [-0.2, -0.15) is 5.10 Å². The predicted molar refractivity (Wildman–Crippen MR) is 78.9 cm³/mol. The molecule has 0 aliphatic rings. The monoisotopic (exact) mass is 269 g/mol. The molecule has 0 bridgehead atoms. The van der Waals surface area contributed by atoms with Gasteiger partial charge in [-0.25, -0.2) is 10.2 Å². The van der Waals surface area contributed by atoms with Crippen molar-refractivity contribution in [3.63, 3.8) is 0 Å². The highest BCUT2D eigenvalue weighted by atomic mass is 16.3. The third-order valence-corrected chi connectivity index (χ3v) is 2.64. The highest BCUT2D eigenvalue weighted by Crippen LogP contribution is 2.10. The summed E-state index contributed by atoms with van der Waals surface area (Å²) in [6.45, 7) is 1.77. The molecule has 2 aromatic carbocycles. The predicted octanol–water partition coefficient (Wildman–Crippen LogP) is 2.94. The number of nitrogens with one attached hydrogen (secondary N) is 2. The zero-order chi connectivity index (χ0) is 14.4. The second-order valence-electron chi connectivity index (χ2n) is 4.18. The molecule has 5 heteroatoms. The van der Waals surface area contributed by atoms with E-state index in [1.54, 1.807) is 43.3 Å². The van der Waals surface area contributed by atoms with Gasteiger partial charge in [-0.3, -0.25) is 0 Å². The molecule has 0 heterocycles. The van der Waals surface area contributed by atoms with Gasteiger partial charge >= 0.3 is 6.03 Å². The molecule has 102 valence electrons. The van der Waals surface area contributed by atoms with Gasteiger partial charge in [-0.15, -0.1) is 0 Å². The van der Waals surface area contributed by atoms with E-state index in [1.807, 2.05) is 18.2 Å². The van der Waals surface area contributed by atoms with Gasteiger partial charge in [-0.1, -0.05) is 18.2 Å². The summed E-state index contributed by atoms with van der Waals surface area (Å²) in [6, 6.07) is 15.3. The maximum atomic E-state index is 11.6. The van der Waals surface area contributed by atoms with Gasteiger partial charge in [0.05, 0.1) is 5.71 Å². The van der Waals surface area contributed by atoms with Crippen molar-refractivity contribution in [2.24, 2.45) is 5.10 Å². The first-order valence-electron chi connectivity index (χ1n) is 6.11. The molecule has 5 nitrogen and oxygen atoms in total. The lowest BCUT2D eigenvalue weighted by atomic mass is 10.1. The first-order chi connectivity index (χ1) is 9.65. The van der Waals surface area contributed by atoms with E-state index in [4.69, 9.17) is 0 Å². The maximum absolute atomic E-state index is 11.6. The average Bonchev–Trinajstić information content (AvgIpc) is 2.46. The number of anilines is 1. The molecular formula is C15H15N3O2.